The van der Waals surface area contributed by atoms with Gasteiger partial charge in [0.1, 0.15) is 17.4 Å². The first-order valence-electron chi connectivity index (χ1n) is 11.1. The molecule has 1 saturated heterocycles. The molecular formula is C26H24ClN3O4. The molecule has 3 atom stereocenters. The van der Waals surface area contributed by atoms with Crippen LogP contribution in [0.2, 0.25) is 5.02 Å². The van der Waals surface area contributed by atoms with Gasteiger partial charge in [0.15, 0.2) is 0 Å². The number of fused-ring (bicyclic) bond motifs is 4. The van der Waals surface area contributed by atoms with Crippen LogP contribution >= 0.6 is 11.6 Å². The van der Waals surface area contributed by atoms with Crippen molar-refractivity contribution < 1.29 is 19.1 Å². The van der Waals surface area contributed by atoms with Gasteiger partial charge in [0.25, 0.3) is 0 Å². The maximum atomic E-state index is 13.7. The number of ether oxygens (including phenoxy) is 2. The zero-order valence-corrected chi connectivity index (χ0v) is 19.5. The first-order chi connectivity index (χ1) is 16.4. The molecule has 0 aromatic heterocycles. The summed E-state index contributed by atoms with van der Waals surface area (Å²) in [5.41, 5.74) is 0.667. The van der Waals surface area contributed by atoms with Gasteiger partial charge in [0.05, 0.1) is 12.6 Å². The second kappa shape index (κ2) is 8.57. The lowest BCUT2D eigenvalue weighted by Crippen LogP contribution is -2.72. The molecule has 2 aliphatic rings. The molecule has 174 valence electrons. The van der Waals surface area contributed by atoms with Crippen molar-refractivity contribution in [3.63, 3.8) is 0 Å². The van der Waals surface area contributed by atoms with Crippen molar-refractivity contribution >= 4 is 34.9 Å². The van der Waals surface area contributed by atoms with Crippen LogP contribution in [0.4, 0.5) is 16.2 Å². The lowest BCUT2D eigenvalue weighted by atomic mass is 9.78. The molecule has 1 fully saturated rings. The predicted molar refractivity (Wildman–Crippen MR) is 130 cm³/mol. The summed E-state index contributed by atoms with van der Waals surface area (Å²) in [6.45, 7) is 4.22. The Morgan fingerprint density at radius 2 is 1.82 bits per heavy atom. The fraction of sp³-hybridized carbons (Fsp3) is 0.231. The Kier molecular flexibility index (Phi) is 5.57. The van der Waals surface area contributed by atoms with Crippen molar-refractivity contribution in [1.29, 1.82) is 0 Å². The van der Waals surface area contributed by atoms with Crippen molar-refractivity contribution in [1.82, 2.24) is 5.32 Å². The second-order valence-corrected chi connectivity index (χ2v) is 8.79. The summed E-state index contributed by atoms with van der Waals surface area (Å²) in [5, 5.41) is 6.57. The molecule has 8 heteroatoms. The molecule has 0 radical (unpaired) electrons. The molecule has 7 nitrogen and oxygen atoms in total. The molecule has 34 heavy (non-hydrogen) atoms. The molecule has 0 aliphatic carbocycles. The van der Waals surface area contributed by atoms with Gasteiger partial charge in [0.2, 0.25) is 11.6 Å². The van der Waals surface area contributed by atoms with Crippen LogP contribution in [0.1, 0.15) is 25.5 Å². The molecule has 0 spiro atoms. The number of carbonyl (C=O) groups is 2. The Bertz CT molecular complexity index is 1230. The Morgan fingerprint density at radius 1 is 1.12 bits per heavy atom. The van der Waals surface area contributed by atoms with E-state index in [2.05, 4.69) is 10.6 Å². The van der Waals surface area contributed by atoms with Gasteiger partial charge in [-0.2, -0.15) is 0 Å². The number of nitrogens with zero attached hydrogens (tertiary/aromatic N) is 1. The van der Waals surface area contributed by atoms with Gasteiger partial charge in [-0.05, 0) is 68.4 Å². The van der Waals surface area contributed by atoms with Crippen molar-refractivity contribution in [2.24, 2.45) is 5.92 Å². The van der Waals surface area contributed by atoms with E-state index in [1.54, 1.807) is 55.5 Å². The number of amides is 3. The number of nitrogens with one attached hydrogen (secondary N) is 2. The number of benzene rings is 3. The van der Waals surface area contributed by atoms with Gasteiger partial charge in [-0.1, -0.05) is 29.8 Å². The molecular weight excluding hydrogens is 454 g/mol. The van der Waals surface area contributed by atoms with E-state index in [0.717, 1.165) is 5.56 Å². The van der Waals surface area contributed by atoms with Crippen molar-refractivity contribution in [2.45, 2.75) is 25.6 Å². The summed E-state index contributed by atoms with van der Waals surface area (Å²) in [7, 11) is 0. The van der Waals surface area contributed by atoms with E-state index < -0.39 is 17.7 Å². The number of anilines is 2. The van der Waals surface area contributed by atoms with Crippen LogP contribution in [0.3, 0.4) is 0 Å². The molecule has 2 heterocycles. The Labute approximate surface area is 202 Å². The number of hydrogen-bond donors (Lipinski definition) is 2. The monoisotopic (exact) mass is 477 g/mol. The molecule has 3 amide bonds. The first-order valence-corrected chi connectivity index (χ1v) is 11.5. The zero-order chi connectivity index (χ0) is 23.9. The topological polar surface area (TPSA) is 79.9 Å². The van der Waals surface area contributed by atoms with Gasteiger partial charge in [-0.25, -0.2) is 4.79 Å². The smallest absolute Gasteiger partial charge is 0.325 e. The maximum Gasteiger partial charge on any atom is 0.325 e. The number of hydrogen-bond acceptors (Lipinski definition) is 4. The van der Waals surface area contributed by atoms with Crippen molar-refractivity contribution in [2.75, 3.05) is 16.8 Å². The van der Waals surface area contributed by atoms with Gasteiger partial charge in [0, 0.05) is 22.0 Å². The summed E-state index contributed by atoms with van der Waals surface area (Å²) in [4.78, 5) is 28.5. The van der Waals surface area contributed by atoms with Crippen LogP contribution in [0.5, 0.6) is 11.5 Å². The molecule has 3 aromatic carbocycles. The minimum Gasteiger partial charge on any atom is -0.494 e. The second-order valence-electron chi connectivity index (χ2n) is 8.36. The Morgan fingerprint density at radius 3 is 2.53 bits per heavy atom. The highest BCUT2D eigenvalue weighted by atomic mass is 35.5. The zero-order valence-electron chi connectivity index (χ0n) is 18.7. The van der Waals surface area contributed by atoms with E-state index in [0.29, 0.717) is 34.5 Å². The fourth-order valence-corrected chi connectivity index (χ4v) is 4.86. The molecule has 3 aromatic rings. The Balaban J connectivity index is 1.57. The van der Waals surface area contributed by atoms with Crippen LogP contribution in [-0.4, -0.2) is 24.3 Å². The minimum absolute atomic E-state index is 0.278. The molecule has 0 unspecified atom stereocenters. The average molecular weight is 478 g/mol. The fourth-order valence-electron chi connectivity index (χ4n) is 4.73. The lowest BCUT2D eigenvalue weighted by molar-refractivity contribution is -0.131. The third-order valence-electron chi connectivity index (χ3n) is 6.21. The van der Waals surface area contributed by atoms with Crippen molar-refractivity contribution in [3.8, 4) is 11.5 Å². The molecule has 2 bridgehead atoms. The van der Waals surface area contributed by atoms with E-state index in [4.69, 9.17) is 21.1 Å². The summed E-state index contributed by atoms with van der Waals surface area (Å²) in [6.07, 6.45) is 0. The number of rotatable bonds is 5. The van der Waals surface area contributed by atoms with E-state index in [9.17, 15) is 9.59 Å². The lowest BCUT2D eigenvalue weighted by Gasteiger charge is -2.54. The number of urea groups is 1. The quantitative estimate of drug-likeness (QED) is 0.517. The molecule has 0 saturated carbocycles. The van der Waals surface area contributed by atoms with Crippen LogP contribution in [0.25, 0.3) is 0 Å². The summed E-state index contributed by atoms with van der Waals surface area (Å²) < 4.78 is 12.0. The largest absolute Gasteiger partial charge is 0.494 e. The van der Waals surface area contributed by atoms with Crippen molar-refractivity contribution in [3.05, 3.63) is 83.4 Å². The normalized spacial score (nSPS) is 22.8. The van der Waals surface area contributed by atoms with E-state index in [-0.39, 0.29) is 11.9 Å². The van der Waals surface area contributed by atoms with Crippen LogP contribution in [-0.2, 0) is 4.79 Å². The van der Waals surface area contributed by atoms with Gasteiger partial charge in [-0.3, -0.25) is 9.69 Å². The highest BCUT2D eigenvalue weighted by Crippen LogP contribution is 2.49. The minimum atomic E-state index is -1.29. The van der Waals surface area contributed by atoms with Crippen LogP contribution in [0.15, 0.2) is 72.8 Å². The predicted octanol–water partition coefficient (Wildman–Crippen LogP) is 5.37. The molecule has 2 N–H and O–H groups in total. The maximum absolute atomic E-state index is 13.7. The number of para-hydroxylation sites is 1. The summed E-state index contributed by atoms with van der Waals surface area (Å²) in [6, 6.07) is 20.6. The SMILES string of the molecule is CCOc1ccc(N2C(=O)N[C@H]3c4ccccc4O[C@@]2(C)[C@H]3C(=O)Nc2ccc(Cl)cc2)cc1. The third-order valence-corrected chi connectivity index (χ3v) is 6.46. The van der Waals surface area contributed by atoms with E-state index in [1.807, 2.05) is 31.2 Å². The van der Waals surface area contributed by atoms with E-state index >= 15 is 0 Å². The highest BCUT2D eigenvalue weighted by molar-refractivity contribution is 6.30. The highest BCUT2D eigenvalue weighted by Gasteiger charge is 2.60. The summed E-state index contributed by atoms with van der Waals surface area (Å²) in [5.74, 6) is 0.294. The van der Waals surface area contributed by atoms with Gasteiger partial charge >= 0.3 is 6.03 Å². The standard InChI is InChI=1S/C26H24ClN3O4/c1-3-33-19-14-12-18(13-15-19)30-25(32)29-23-20-6-4-5-7-21(20)34-26(30,2)22(23)24(31)28-17-10-8-16(27)9-11-17/h4-15,22-23H,3H2,1-2H3,(H,28,31)(H,29,32)/t22-,23+,26+/m1/s1. The third kappa shape index (κ3) is 3.72. The van der Waals surface area contributed by atoms with Gasteiger partial charge in [-0.15, -0.1) is 0 Å². The summed E-state index contributed by atoms with van der Waals surface area (Å²) >= 11 is 5.99. The van der Waals surface area contributed by atoms with Gasteiger partial charge < -0.3 is 20.1 Å². The van der Waals surface area contributed by atoms with Crippen LogP contribution in [0, 0.1) is 5.92 Å². The first kappa shape index (κ1) is 22.1. The number of halogens is 1. The molecule has 2 aliphatic heterocycles. The number of carbonyl (C=O) groups excluding carboxylic acids is 2. The van der Waals surface area contributed by atoms with Crippen LogP contribution < -0.4 is 25.0 Å². The van der Waals surface area contributed by atoms with E-state index in [1.165, 1.54) is 4.90 Å². The Hall–Kier alpha value is -3.71. The average Bonchev–Trinajstić information content (AvgIpc) is 2.81. The molecule has 5 rings (SSSR count).